The van der Waals surface area contributed by atoms with E-state index in [-0.39, 0.29) is 17.8 Å². The van der Waals surface area contributed by atoms with E-state index in [1.807, 2.05) is 0 Å². The minimum absolute atomic E-state index is 0.00435. The molecule has 20 heavy (non-hydrogen) atoms. The maximum atomic E-state index is 11.9. The van der Waals surface area contributed by atoms with Gasteiger partial charge in [-0.3, -0.25) is 4.79 Å². The molecule has 0 aliphatic heterocycles. The van der Waals surface area contributed by atoms with Gasteiger partial charge in [-0.25, -0.2) is 0 Å². The standard InChI is InChI=1S/C17H24O2Si/c1-12-6-8-13(9-7-12)15-14(10-11-20(3,4)5)16(15)17(18)19-2/h6-11,14-16H,1-5H3/b11-10+/t14-,15+,16+/m1/s1. The number of methoxy groups -OCH3 is 1. The normalized spacial score (nSPS) is 25.8. The van der Waals surface area contributed by atoms with Gasteiger partial charge in [0, 0.05) is 5.92 Å². The van der Waals surface area contributed by atoms with Crippen LogP contribution in [-0.2, 0) is 9.53 Å². The lowest BCUT2D eigenvalue weighted by atomic mass is 10.1. The van der Waals surface area contributed by atoms with Crippen molar-refractivity contribution in [1.82, 2.24) is 0 Å². The molecule has 3 heteroatoms. The van der Waals surface area contributed by atoms with Crippen LogP contribution >= 0.6 is 0 Å². The van der Waals surface area contributed by atoms with Crippen molar-refractivity contribution in [3.05, 3.63) is 47.2 Å². The first-order valence-corrected chi connectivity index (χ1v) is 10.7. The summed E-state index contributed by atoms with van der Waals surface area (Å²) in [7, 11) is 0.252. The Morgan fingerprint density at radius 2 is 1.80 bits per heavy atom. The van der Waals surface area contributed by atoms with Crippen LogP contribution in [-0.4, -0.2) is 21.2 Å². The highest BCUT2D eigenvalue weighted by Crippen LogP contribution is 2.55. The molecule has 0 saturated heterocycles. The van der Waals surface area contributed by atoms with Crippen LogP contribution in [0.2, 0.25) is 19.6 Å². The molecule has 1 aliphatic carbocycles. The van der Waals surface area contributed by atoms with Crippen molar-refractivity contribution < 1.29 is 9.53 Å². The van der Waals surface area contributed by atoms with Gasteiger partial charge in [0.15, 0.2) is 0 Å². The number of hydrogen-bond donors (Lipinski definition) is 0. The summed E-state index contributed by atoms with van der Waals surface area (Å²) in [4.78, 5) is 11.9. The first-order valence-electron chi connectivity index (χ1n) is 7.17. The Labute approximate surface area is 122 Å². The Bertz CT molecular complexity index is 511. The Kier molecular flexibility index (Phi) is 4.19. The Morgan fingerprint density at radius 1 is 1.20 bits per heavy atom. The number of benzene rings is 1. The number of esters is 1. The second-order valence-electron chi connectivity index (χ2n) is 6.79. The summed E-state index contributed by atoms with van der Waals surface area (Å²) >= 11 is 0. The van der Waals surface area contributed by atoms with Crippen LogP contribution < -0.4 is 0 Å². The van der Waals surface area contributed by atoms with Gasteiger partial charge in [0.1, 0.15) is 0 Å². The van der Waals surface area contributed by atoms with Crippen molar-refractivity contribution in [2.24, 2.45) is 11.8 Å². The lowest BCUT2D eigenvalue weighted by molar-refractivity contribution is -0.142. The number of rotatable bonds is 4. The Morgan fingerprint density at radius 3 is 2.30 bits per heavy atom. The van der Waals surface area contributed by atoms with Crippen molar-refractivity contribution in [3.63, 3.8) is 0 Å². The summed E-state index contributed by atoms with van der Waals surface area (Å²) in [5, 5.41) is 0. The summed E-state index contributed by atoms with van der Waals surface area (Å²) < 4.78 is 4.95. The highest BCUT2D eigenvalue weighted by molar-refractivity contribution is 6.80. The largest absolute Gasteiger partial charge is 0.469 e. The molecule has 1 saturated carbocycles. The van der Waals surface area contributed by atoms with Gasteiger partial charge in [-0.15, -0.1) is 0 Å². The molecule has 0 bridgehead atoms. The number of ether oxygens (including phenoxy) is 1. The van der Waals surface area contributed by atoms with E-state index >= 15 is 0 Å². The highest BCUT2D eigenvalue weighted by Gasteiger charge is 2.54. The fourth-order valence-electron chi connectivity index (χ4n) is 2.63. The molecule has 0 radical (unpaired) electrons. The second kappa shape index (κ2) is 5.56. The van der Waals surface area contributed by atoms with Crippen LogP contribution in [0.15, 0.2) is 36.0 Å². The van der Waals surface area contributed by atoms with Gasteiger partial charge in [0.05, 0.1) is 21.1 Å². The minimum atomic E-state index is -1.23. The van der Waals surface area contributed by atoms with E-state index in [9.17, 15) is 4.79 Å². The molecule has 0 N–H and O–H groups in total. The van der Waals surface area contributed by atoms with E-state index in [1.54, 1.807) is 0 Å². The molecular weight excluding hydrogens is 264 g/mol. The quantitative estimate of drug-likeness (QED) is 0.620. The molecule has 1 aromatic carbocycles. The van der Waals surface area contributed by atoms with Crippen LogP contribution in [0.5, 0.6) is 0 Å². The zero-order chi connectivity index (χ0) is 14.9. The van der Waals surface area contributed by atoms with Crippen LogP contribution in [0.3, 0.4) is 0 Å². The Hall–Kier alpha value is -1.35. The van der Waals surface area contributed by atoms with Gasteiger partial charge in [0.25, 0.3) is 0 Å². The molecular formula is C17H24O2Si. The van der Waals surface area contributed by atoms with Gasteiger partial charge in [-0.1, -0.05) is 61.2 Å². The number of hydrogen-bond acceptors (Lipinski definition) is 2. The maximum Gasteiger partial charge on any atom is 0.309 e. The first kappa shape index (κ1) is 15.0. The molecule has 2 nitrogen and oxygen atoms in total. The first-order chi connectivity index (χ1) is 9.33. The van der Waals surface area contributed by atoms with Crippen LogP contribution in [0, 0.1) is 18.8 Å². The predicted molar refractivity (Wildman–Crippen MR) is 85.4 cm³/mol. The van der Waals surface area contributed by atoms with Crippen molar-refractivity contribution in [2.75, 3.05) is 7.11 Å². The summed E-state index contributed by atoms with van der Waals surface area (Å²) in [6.45, 7) is 9.00. The number of carbonyl (C=O) groups excluding carboxylic acids is 1. The zero-order valence-corrected chi connectivity index (χ0v) is 14.0. The molecule has 108 valence electrons. The van der Waals surface area contributed by atoms with Gasteiger partial charge >= 0.3 is 5.97 Å². The number of carbonyl (C=O) groups is 1. The third-order valence-electron chi connectivity index (χ3n) is 3.83. The molecule has 3 atom stereocenters. The number of aryl methyl sites for hydroxylation is 1. The van der Waals surface area contributed by atoms with Gasteiger partial charge in [-0.05, 0) is 18.4 Å². The summed E-state index contributed by atoms with van der Waals surface area (Å²) in [5.41, 5.74) is 4.83. The summed E-state index contributed by atoms with van der Waals surface area (Å²) in [5.74, 6) is 0.503. The molecule has 0 spiro atoms. The SMILES string of the molecule is COC(=O)[C@H]1[C@H](/C=C/[Si](C)(C)C)[C@@H]1c1ccc(C)cc1. The smallest absolute Gasteiger partial charge is 0.309 e. The molecule has 0 aromatic heterocycles. The van der Waals surface area contributed by atoms with E-state index < -0.39 is 8.07 Å². The topological polar surface area (TPSA) is 26.3 Å². The molecule has 0 unspecified atom stereocenters. The lowest BCUT2D eigenvalue weighted by Crippen LogP contribution is -2.15. The number of allylic oxidation sites excluding steroid dienone is 1. The molecule has 2 rings (SSSR count). The molecule has 1 fully saturated rings. The van der Waals surface area contributed by atoms with Gasteiger partial charge in [-0.2, -0.15) is 0 Å². The molecule has 0 heterocycles. The van der Waals surface area contributed by atoms with Crippen molar-refractivity contribution >= 4 is 14.0 Å². The van der Waals surface area contributed by atoms with Gasteiger partial charge in [0.2, 0.25) is 0 Å². The summed E-state index contributed by atoms with van der Waals surface area (Å²) in [6.07, 6.45) is 2.25. The molecule has 0 amide bonds. The predicted octanol–water partition coefficient (Wildman–Crippen LogP) is 3.93. The molecule has 1 aliphatic rings. The van der Waals surface area contributed by atoms with Gasteiger partial charge < -0.3 is 4.74 Å². The molecule has 1 aromatic rings. The van der Waals surface area contributed by atoms with E-state index in [1.165, 1.54) is 18.2 Å². The van der Waals surface area contributed by atoms with E-state index in [2.05, 4.69) is 62.6 Å². The highest BCUT2D eigenvalue weighted by atomic mass is 28.3. The minimum Gasteiger partial charge on any atom is -0.469 e. The zero-order valence-electron chi connectivity index (χ0n) is 13.0. The monoisotopic (exact) mass is 288 g/mol. The van der Waals surface area contributed by atoms with Crippen molar-refractivity contribution in [3.8, 4) is 0 Å². The van der Waals surface area contributed by atoms with Crippen molar-refractivity contribution in [1.29, 1.82) is 0 Å². The fourth-order valence-corrected chi connectivity index (χ4v) is 3.43. The third kappa shape index (κ3) is 3.40. The second-order valence-corrected chi connectivity index (χ2v) is 11.9. The lowest BCUT2D eigenvalue weighted by Gasteiger charge is -2.07. The third-order valence-corrected chi connectivity index (χ3v) is 5.02. The van der Waals surface area contributed by atoms with Crippen LogP contribution in [0.4, 0.5) is 0 Å². The average molecular weight is 288 g/mol. The van der Waals surface area contributed by atoms with E-state index in [0.29, 0.717) is 5.92 Å². The van der Waals surface area contributed by atoms with Crippen LogP contribution in [0.1, 0.15) is 17.0 Å². The summed E-state index contributed by atoms with van der Waals surface area (Å²) in [6, 6.07) is 8.50. The Balaban J connectivity index is 2.20. The average Bonchev–Trinajstić information content (AvgIpc) is 3.10. The van der Waals surface area contributed by atoms with E-state index in [0.717, 1.165) is 0 Å². The van der Waals surface area contributed by atoms with Crippen LogP contribution in [0.25, 0.3) is 0 Å². The maximum absolute atomic E-state index is 11.9. The van der Waals surface area contributed by atoms with E-state index in [4.69, 9.17) is 4.74 Å². The fraction of sp³-hybridized carbons (Fsp3) is 0.471. The van der Waals surface area contributed by atoms with Crippen molar-refractivity contribution in [2.45, 2.75) is 32.5 Å².